The Morgan fingerprint density at radius 1 is 0.571 bits per heavy atom. The lowest BCUT2D eigenvalue weighted by Gasteiger charge is -2.20. The number of halogens is 6. The molecule has 0 amide bonds. The summed E-state index contributed by atoms with van der Waals surface area (Å²) < 4.78 is 128. The maximum absolute atomic E-state index is 13.2. The lowest BCUT2D eigenvalue weighted by molar-refractivity contribution is -0.0441. The summed E-state index contributed by atoms with van der Waals surface area (Å²) in [5.41, 5.74) is -5.96. The molecule has 6 aromatic carbocycles. The van der Waals surface area contributed by atoms with Crippen LogP contribution in [0.15, 0.2) is 125 Å². The van der Waals surface area contributed by atoms with E-state index in [0.717, 1.165) is 60.8 Å². The normalized spacial score (nSPS) is 12.7. The summed E-state index contributed by atoms with van der Waals surface area (Å²) in [6, 6.07) is 29.5. The van der Waals surface area contributed by atoms with Crippen molar-refractivity contribution >= 4 is 57.7 Å². The van der Waals surface area contributed by atoms with Gasteiger partial charge in [-0.25, -0.2) is 21.8 Å². The standard InChI is InChI=1S/C18H18N2O.C16H8F6O4S2/c1-20(19-16-9-11-17(21)12-10-16)13-15-7-4-6-14-5-2-3-8-18(14)15;17-15(18,19)27(23,24)13-9-5-1-2-6-10(9)14(28(25,26)16(20,21)22)12-8-4-3-7-11(12)13/h2-12,19,21H,13H2,1H3;1-8H. The van der Waals surface area contributed by atoms with Gasteiger partial charge >= 0.3 is 11.0 Å². The van der Waals surface area contributed by atoms with E-state index in [1.165, 1.54) is 16.3 Å². The Hall–Kier alpha value is -4.86. The first-order valence-corrected chi connectivity index (χ1v) is 17.2. The number of hydrazine groups is 1. The molecule has 0 spiro atoms. The van der Waals surface area contributed by atoms with E-state index < -0.39 is 62.0 Å². The first kappa shape index (κ1) is 35.4. The van der Waals surface area contributed by atoms with Gasteiger partial charge in [0.1, 0.15) is 5.75 Å². The lowest BCUT2D eigenvalue weighted by Crippen LogP contribution is -2.26. The van der Waals surface area contributed by atoms with Crippen molar-refractivity contribution in [1.82, 2.24) is 5.01 Å². The fourth-order valence-corrected chi connectivity index (χ4v) is 7.67. The van der Waals surface area contributed by atoms with Crippen LogP contribution in [0.1, 0.15) is 5.56 Å². The minimum absolute atomic E-state index is 0.275. The van der Waals surface area contributed by atoms with Gasteiger partial charge in [-0.1, -0.05) is 91.0 Å². The first-order chi connectivity index (χ1) is 22.9. The van der Waals surface area contributed by atoms with Gasteiger partial charge in [-0.15, -0.1) is 0 Å². The molecule has 0 unspecified atom stereocenters. The number of anilines is 1. The van der Waals surface area contributed by atoms with Crippen molar-refractivity contribution in [1.29, 1.82) is 0 Å². The van der Waals surface area contributed by atoms with E-state index >= 15 is 0 Å². The van der Waals surface area contributed by atoms with Crippen molar-refractivity contribution in [3.8, 4) is 5.75 Å². The summed E-state index contributed by atoms with van der Waals surface area (Å²) in [7, 11) is -10.00. The number of hydrogen-bond acceptors (Lipinski definition) is 7. The van der Waals surface area contributed by atoms with Crippen LogP contribution in [0.3, 0.4) is 0 Å². The number of hydrogen-bond donors (Lipinski definition) is 2. The zero-order chi connectivity index (χ0) is 35.8. The first-order valence-electron chi connectivity index (χ1n) is 14.2. The molecule has 0 aliphatic rings. The zero-order valence-electron chi connectivity index (χ0n) is 25.3. The van der Waals surface area contributed by atoms with Crippen LogP contribution >= 0.6 is 0 Å². The number of phenolic OH excluding ortho intramolecular Hbond substituents is 1. The molecule has 0 saturated heterocycles. The molecule has 49 heavy (non-hydrogen) atoms. The van der Waals surface area contributed by atoms with Gasteiger partial charge in [0, 0.05) is 40.8 Å². The van der Waals surface area contributed by atoms with Crippen LogP contribution in [0, 0.1) is 0 Å². The summed E-state index contributed by atoms with van der Waals surface area (Å²) >= 11 is 0. The fourth-order valence-electron chi connectivity index (χ4n) is 5.34. The highest BCUT2D eigenvalue weighted by molar-refractivity contribution is 7.93. The van der Waals surface area contributed by atoms with Crippen LogP contribution in [0.25, 0.3) is 32.3 Å². The van der Waals surface area contributed by atoms with Gasteiger partial charge in [-0.3, -0.25) is 0 Å². The number of sulfone groups is 2. The molecule has 6 aromatic rings. The van der Waals surface area contributed by atoms with Crippen LogP contribution in [0.2, 0.25) is 0 Å². The van der Waals surface area contributed by atoms with E-state index in [2.05, 4.69) is 47.9 Å². The molecule has 0 aliphatic heterocycles. The van der Waals surface area contributed by atoms with Crippen molar-refractivity contribution in [2.45, 2.75) is 27.4 Å². The van der Waals surface area contributed by atoms with Gasteiger partial charge in [-0.2, -0.15) is 26.3 Å². The molecule has 0 aromatic heterocycles. The number of benzene rings is 6. The van der Waals surface area contributed by atoms with E-state index in [1.54, 1.807) is 12.1 Å². The van der Waals surface area contributed by atoms with Gasteiger partial charge in [0.05, 0.1) is 9.79 Å². The minimum Gasteiger partial charge on any atom is -0.508 e. The summed E-state index contributed by atoms with van der Waals surface area (Å²) in [4.78, 5) is -2.60. The second kappa shape index (κ2) is 13.2. The Balaban J connectivity index is 0.000000199. The minimum atomic E-state index is -6.00. The van der Waals surface area contributed by atoms with Gasteiger partial charge < -0.3 is 10.5 Å². The van der Waals surface area contributed by atoms with Crippen molar-refractivity contribution in [3.05, 3.63) is 121 Å². The predicted molar refractivity (Wildman–Crippen MR) is 175 cm³/mol. The van der Waals surface area contributed by atoms with Crippen LogP contribution in [0.4, 0.5) is 32.0 Å². The molecule has 0 fully saturated rings. The van der Waals surface area contributed by atoms with Gasteiger partial charge in [0.25, 0.3) is 19.7 Å². The molecule has 0 aliphatic carbocycles. The Morgan fingerprint density at radius 2 is 0.959 bits per heavy atom. The summed E-state index contributed by atoms with van der Waals surface area (Å²) in [5.74, 6) is 0.275. The largest absolute Gasteiger partial charge is 0.508 e. The smallest absolute Gasteiger partial charge is 0.501 e. The number of phenols is 1. The fraction of sp³-hybridized carbons (Fsp3) is 0.118. The Kier molecular flexibility index (Phi) is 9.56. The molecule has 7 nitrogen and oxygen atoms in total. The molecule has 2 N–H and O–H groups in total. The quantitative estimate of drug-likeness (QED) is 0.0769. The van der Waals surface area contributed by atoms with E-state index in [0.29, 0.717) is 0 Å². The molecule has 0 radical (unpaired) electrons. The highest BCUT2D eigenvalue weighted by Gasteiger charge is 2.51. The molecule has 6 rings (SSSR count). The topological polar surface area (TPSA) is 104 Å². The molecule has 0 bridgehead atoms. The van der Waals surface area contributed by atoms with E-state index in [-0.39, 0.29) is 5.75 Å². The third kappa shape index (κ3) is 7.00. The third-order valence-electron chi connectivity index (χ3n) is 7.45. The molecule has 0 heterocycles. The number of rotatable bonds is 6. The van der Waals surface area contributed by atoms with Gasteiger partial charge in [0.15, 0.2) is 0 Å². The molecule has 0 atom stereocenters. The summed E-state index contributed by atoms with van der Waals surface area (Å²) in [6.07, 6.45) is 0. The molecular formula is C34H26F6N2O5S2. The maximum atomic E-state index is 13.2. The van der Waals surface area contributed by atoms with Gasteiger partial charge in [-0.05, 0) is 40.6 Å². The van der Waals surface area contributed by atoms with Crippen LogP contribution in [0.5, 0.6) is 5.75 Å². The Bertz CT molecular complexity index is 2220. The number of aromatic hydroxyl groups is 1. The highest BCUT2D eigenvalue weighted by Crippen LogP contribution is 2.45. The number of alkyl halides is 6. The van der Waals surface area contributed by atoms with Crippen molar-refractivity contribution in [2.24, 2.45) is 0 Å². The Labute approximate surface area is 276 Å². The summed E-state index contributed by atoms with van der Waals surface area (Å²) in [6.45, 7) is 0.794. The van der Waals surface area contributed by atoms with Crippen LogP contribution in [-0.4, -0.2) is 45.0 Å². The molecular weight excluding hydrogens is 695 g/mol. The van der Waals surface area contributed by atoms with Crippen LogP contribution < -0.4 is 5.43 Å². The molecule has 256 valence electrons. The molecule has 15 heteroatoms. The van der Waals surface area contributed by atoms with E-state index in [9.17, 15) is 48.3 Å². The number of nitrogens with one attached hydrogen (secondary N) is 1. The summed E-state index contributed by atoms with van der Waals surface area (Å²) in [5, 5.41) is 10.8. The van der Waals surface area contributed by atoms with Crippen molar-refractivity contribution in [2.75, 3.05) is 12.5 Å². The van der Waals surface area contributed by atoms with Crippen LogP contribution in [-0.2, 0) is 26.2 Å². The van der Waals surface area contributed by atoms with Crippen molar-refractivity contribution < 1.29 is 48.3 Å². The average molecular weight is 721 g/mol. The predicted octanol–water partition coefficient (Wildman–Crippen LogP) is 8.58. The lowest BCUT2D eigenvalue weighted by atomic mass is 10.0. The third-order valence-corrected chi connectivity index (χ3v) is 10.6. The van der Waals surface area contributed by atoms with E-state index in [4.69, 9.17) is 0 Å². The maximum Gasteiger partial charge on any atom is 0.501 e. The Morgan fingerprint density at radius 3 is 1.39 bits per heavy atom. The SMILES string of the molecule is CN(Cc1cccc2ccccc12)Nc1ccc(O)cc1.O=S(=O)(c1c2ccccc2c(S(=O)(=O)C(F)(F)F)c2ccccc12)C(F)(F)F. The molecule has 0 saturated carbocycles. The van der Waals surface area contributed by atoms with Gasteiger partial charge in [0.2, 0.25) is 0 Å². The zero-order valence-corrected chi connectivity index (χ0v) is 26.9. The number of nitrogens with zero attached hydrogens (tertiary/aromatic N) is 1. The second-order valence-corrected chi connectivity index (χ2v) is 14.6. The monoisotopic (exact) mass is 720 g/mol. The second-order valence-electron chi connectivity index (χ2n) is 10.8. The van der Waals surface area contributed by atoms with E-state index in [1.807, 2.05) is 24.2 Å². The highest BCUT2D eigenvalue weighted by atomic mass is 32.2. The number of fused-ring (bicyclic) bond motifs is 3. The van der Waals surface area contributed by atoms with Crippen molar-refractivity contribution in [3.63, 3.8) is 0 Å². The average Bonchev–Trinajstić information content (AvgIpc) is 3.04.